The van der Waals surface area contributed by atoms with E-state index < -0.39 is 0 Å². The SMILES string of the molecule is CCN(CC)C(=O)c1ccc(Cc2cccc(O)c2N2C[C@@H](C)NC[C@H]2C)cc1. The predicted molar refractivity (Wildman–Crippen MR) is 119 cm³/mol. The number of para-hydroxylation sites is 1. The number of amides is 1. The van der Waals surface area contributed by atoms with Crippen molar-refractivity contribution in [2.75, 3.05) is 31.1 Å². The molecule has 2 atom stereocenters. The number of nitrogens with zero attached hydrogens (tertiary/aromatic N) is 2. The van der Waals surface area contributed by atoms with Gasteiger partial charge in [-0.15, -0.1) is 0 Å². The van der Waals surface area contributed by atoms with Crippen LogP contribution < -0.4 is 10.2 Å². The second kappa shape index (κ2) is 9.31. The second-order valence-corrected chi connectivity index (χ2v) is 7.95. The molecule has 0 aliphatic carbocycles. The van der Waals surface area contributed by atoms with Crippen molar-refractivity contribution < 1.29 is 9.90 Å². The Morgan fingerprint density at radius 3 is 2.48 bits per heavy atom. The van der Waals surface area contributed by atoms with Gasteiger partial charge in [0.25, 0.3) is 5.91 Å². The number of aromatic hydroxyl groups is 1. The standard InChI is InChI=1S/C24H33N3O2/c1-5-26(6-2)24(29)20-12-10-19(11-13-20)14-21-8-7-9-22(28)23(21)27-16-17(3)25-15-18(27)4/h7-13,17-18,25,28H,5-6,14-16H2,1-4H3/t17-,18-/m1/s1. The van der Waals surface area contributed by atoms with Gasteiger partial charge in [-0.05, 0) is 63.4 Å². The van der Waals surface area contributed by atoms with E-state index in [4.69, 9.17) is 0 Å². The lowest BCUT2D eigenvalue weighted by molar-refractivity contribution is 0.0773. The number of hydrogen-bond acceptors (Lipinski definition) is 4. The van der Waals surface area contributed by atoms with E-state index >= 15 is 0 Å². The van der Waals surface area contributed by atoms with Crippen LogP contribution in [0.5, 0.6) is 5.75 Å². The number of nitrogens with one attached hydrogen (secondary N) is 1. The second-order valence-electron chi connectivity index (χ2n) is 7.95. The summed E-state index contributed by atoms with van der Waals surface area (Å²) in [5, 5.41) is 14.1. The zero-order valence-corrected chi connectivity index (χ0v) is 18.0. The molecule has 1 amide bonds. The maximum atomic E-state index is 12.5. The van der Waals surface area contributed by atoms with Crippen LogP contribution in [0.4, 0.5) is 5.69 Å². The summed E-state index contributed by atoms with van der Waals surface area (Å²) in [6.07, 6.45) is 0.717. The van der Waals surface area contributed by atoms with Crippen LogP contribution >= 0.6 is 0 Å². The Kier molecular flexibility index (Phi) is 6.80. The van der Waals surface area contributed by atoms with Crippen LogP contribution in [0, 0.1) is 0 Å². The highest BCUT2D eigenvalue weighted by atomic mass is 16.3. The van der Waals surface area contributed by atoms with Crippen molar-refractivity contribution in [1.82, 2.24) is 10.2 Å². The van der Waals surface area contributed by atoms with Crippen LogP contribution in [0.2, 0.25) is 0 Å². The first-order valence-electron chi connectivity index (χ1n) is 10.6. The van der Waals surface area contributed by atoms with Gasteiger partial charge in [0.1, 0.15) is 5.75 Å². The minimum atomic E-state index is 0.0724. The van der Waals surface area contributed by atoms with Gasteiger partial charge in [0.2, 0.25) is 0 Å². The minimum absolute atomic E-state index is 0.0724. The molecule has 2 aromatic carbocycles. The Hall–Kier alpha value is -2.53. The van der Waals surface area contributed by atoms with E-state index in [-0.39, 0.29) is 5.91 Å². The summed E-state index contributed by atoms with van der Waals surface area (Å²) in [6, 6.07) is 14.3. The molecule has 0 radical (unpaired) electrons. The number of piperazine rings is 1. The Morgan fingerprint density at radius 1 is 1.14 bits per heavy atom. The van der Waals surface area contributed by atoms with Crippen molar-refractivity contribution >= 4 is 11.6 Å². The number of benzene rings is 2. The maximum absolute atomic E-state index is 12.5. The van der Waals surface area contributed by atoms with Gasteiger partial charge in [0.15, 0.2) is 0 Å². The molecule has 29 heavy (non-hydrogen) atoms. The smallest absolute Gasteiger partial charge is 0.253 e. The maximum Gasteiger partial charge on any atom is 0.253 e. The Balaban J connectivity index is 1.84. The van der Waals surface area contributed by atoms with E-state index in [0.29, 0.717) is 37.3 Å². The molecule has 0 spiro atoms. The molecular formula is C24H33N3O2. The quantitative estimate of drug-likeness (QED) is 0.784. The fraction of sp³-hybridized carbons (Fsp3) is 0.458. The summed E-state index contributed by atoms with van der Waals surface area (Å²) in [4.78, 5) is 16.7. The van der Waals surface area contributed by atoms with E-state index in [2.05, 4.69) is 30.1 Å². The zero-order chi connectivity index (χ0) is 21.0. The van der Waals surface area contributed by atoms with Crippen LogP contribution in [-0.2, 0) is 6.42 Å². The van der Waals surface area contributed by atoms with Crippen molar-refractivity contribution in [3.8, 4) is 5.75 Å². The van der Waals surface area contributed by atoms with Crippen LogP contribution in [0.1, 0.15) is 49.2 Å². The molecule has 156 valence electrons. The van der Waals surface area contributed by atoms with Crippen molar-refractivity contribution in [3.63, 3.8) is 0 Å². The first-order valence-corrected chi connectivity index (χ1v) is 10.6. The Bertz CT molecular complexity index is 831. The summed E-state index contributed by atoms with van der Waals surface area (Å²) in [5.74, 6) is 0.403. The molecule has 1 aliphatic rings. The minimum Gasteiger partial charge on any atom is -0.506 e. The fourth-order valence-corrected chi connectivity index (χ4v) is 4.06. The van der Waals surface area contributed by atoms with Crippen LogP contribution in [0.15, 0.2) is 42.5 Å². The third-order valence-corrected chi connectivity index (χ3v) is 5.80. The van der Waals surface area contributed by atoms with Crippen LogP contribution in [-0.4, -0.2) is 54.2 Å². The summed E-state index contributed by atoms with van der Waals surface area (Å²) in [5.41, 5.74) is 3.88. The lowest BCUT2D eigenvalue weighted by Crippen LogP contribution is -2.54. The number of hydrogen-bond donors (Lipinski definition) is 2. The molecule has 2 aromatic rings. The van der Waals surface area contributed by atoms with Gasteiger partial charge in [-0.25, -0.2) is 0 Å². The Morgan fingerprint density at radius 2 is 1.83 bits per heavy atom. The van der Waals surface area contributed by atoms with Gasteiger partial charge in [0.05, 0.1) is 5.69 Å². The number of carbonyl (C=O) groups excluding carboxylic acids is 1. The molecule has 1 fully saturated rings. The third kappa shape index (κ3) is 4.73. The molecule has 0 unspecified atom stereocenters. The molecule has 0 bridgehead atoms. The van der Waals surface area contributed by atoms with Gasteiger partial charge in [0, 0.05) is 43.8 Å². The molecule has 5 heteroatoms. The number of phenolic OH excluding ortho intramolecular Hbond substituents is 1. The van der Waals surface area contributed by atoms with E-state index in [1.807, 2.05) is 49.1 Å². The molecule has 0 aromatic heterocycles. The van der Waals surface area contributed by atoms with Crippen LogP contribution in [0.25, 0.3) is 0 Å². The number of rotatable bonds is 6. The van der Waals surface area contributed by atoms with Gasteiger partial charge in [-0.2, -0.15) is 0 Å². The van der Waals surface area contributed by atoms with Crippen molar-refractivity contribution in [1.29, 1.82) is 0 Å². The lowest BCUT2D eigenvalue weighted by Gasteiger charge is -2.40. The van der Waals surface area contributed by atoms with Crippen molar-refractivity contribution in [2.45, 2.75) is 46.2 Å². The topological polar surface area (TPSA) is 55.8 Å². The molecule has 5 nitrogen and oxygen atoms in total. The van der Waals surface area contributed by atoms with E-state index in [0.717, 1.165) is 35.5 Å². The zero-order valence-electron chi connectivity index (χ0n) is 18.0. The van der Waals surface area contributed by atoms with Crippen molar-refractivity contribution in [3.05, 3.63) is 59.2 Å². The van der Waals surface area contributed by atoms with Gasteiger partial charge in [-0.3, -0.25) is 4.79 Å². The highest BCUT2D eigenvalue weighted by Gasteiger charge is 2.26. The highest BCUT2D eigenvalue weighted by Crippen LogP contribution is 2.35. The molecule has 0 saturated carbocycles. The van der Waals surface area contributed by atoms with Gasteiger partial charge < -0.3 is 20.2 Å². The van der Waals surface area contributed by atoms with Gasteiger partial charge in [-0.1, -0.05) is 24.3 Å². The number of carbonyl (C=O) groups is 1. The summed E-state index contributed by atoms with van der Waals surface area (Å²) in [7, 11) is 0. The molecule has 1 heterocycles. The largest absolute Gasteiger partial charge is 0.506 e. The van der Waals surface area contributed by atoms with Crippen LogP contribution in [0.3, 0.4) is 0 Å². The average molecular weight is 396 g/mol. The summed E-state index contributed by atoms with van der Waals surface area (Å²) < 4.78 is 0. The lowest BCUT2D eigenvalue weighted by atomic mass is 9.99. The first kappa shape index (κ1) is 21.2. The molecular weight excluding hydrogens is 362 g/mol. The monoisotopic (exact) mass is 395 g/mol. The fourth-order valence-electron chi connectivity index (χ4n) is 4.06. The van der Waals surface area contributed by atoms with E-state index in [1.54, 1.807) is 6.07 Å². The molecule has 3 rings (SSSR count). The summed E-state index contributed by atoms with van der Waals surface area (Å²) >= 11 is 0. The summed E-state index contributed by atoms with van der Waals surface area (Å²) in [6.45, 7) is 11.5. The predicted octanol–water partition coefficient (Wildman–Crippen LogP) is 3.65. The Labute approximate surface area is 174 Å². The first-order chi connectivity index (χ1) is 13.9. The van der Waals surface area contributed by atoms with E-state index in [9.17, 15) is 9.90 Å². The van der Waals surface area contributed by atoms with Crippen molar-refractivity contribution in [2.24, 2.45) is 0 Å². The van der Waals surface area contributed by atoms with Gasteiger partial charge >= 0.3 is 0 Å². The third-order valence-electron chi connectivity index (χ3n) is 5.80. The number of anilines is 1. The number of phenols is 1. The molecule has 2 N–H and O–H groups in total. The normalized spacial score (nSPS) is 19.2. The highest BCUT2D eigenvalue weighted by molar-refractivity contribution is 5.94. The average Bonchev–Trinajstić information content (AvgIpc) is 2.72. The van der Waals surface area contributed by atoms with E-state index in [1.165, 1.54) is 0 Å². The molecule has 1 saturated heterocycles. The molecule has 1 aliphatic heterocycles.